The summed E-state index contributed by atoms with van der Waals surface area (Å²) in [5.41, 5.74) is 0. The van der Waals surface area contributed by atoms with Crippen molar-refractivity contribution >= 4 is 0 Å². The summed E-state index contributed by atoms with van der Waals surface area (Å²) in [5, 5.41) is 0. The van der Waals surface area contributed by atoms with E-state index in [1.165, 1.54) is 25.7 Å². The van der Waals surface area contributed by atoms with Crippen LogP contribution in [0.3, 0.4) is 0 Å². The molecule has 0 bridgehead atoms. The van der Waals surface area contributed by atoms with Gasteiger partial charge in [-0.1, -0.05) is 30.4 Å². The molecule has 0 N–H and O–H groups in total. The van der Waals surface area contributed by atoms with Crippen LogP contribution in [0.5, 0.6) is 0 Å². The number of hydrogen-bond acceptors (Lipinski definition) is 0. The highest BCUT2D eigenvalue weighted by atomic mass is 13.9. The standard InChI is InChI=1S/C12H17/c1-2-4-6-8-10-12-11-9-7-5-3-1/h1-3,11-12H,4,6-10H2. The zero-order valence-corrected chi connectivity index (χ0v) is 7.63. The molecule has 1 radical (unpaired) electrons. The Hall–Kier alpha value is -0.780. The van der Waals surface area contributed by atoms with Gasteiger partial charge in [-0.2, -0.15) is 0 Å². The summed E-state index contributed by atoms with van der Waals surface area (Å²) in [6.07, 6.45) is 21.5. The van der Waals surface area contributed by atoms with Crippen LogP contribution in [0.4, 0.5) is 0 Å². The molecule has 1 aliphatic carbocycles. The molecule has 12 heavy (non-hydrogen) atoms. The molecular weight excluding hydrogens is 144 g/mol. The zero-order chi connectivity index (χ0) is 8.49. The van der Waals surface area contributed by atoms with Crippen molar-refractivity contribution in [1.82, 2.24) is 0 Å². The van der Waals surface area contributed by atoms with E-state index >= 15 is 0 Å². The molecule has 0 spiro atoms. The normalized spacial score (nSPS) is 20.0. The monoisotopic (exact) mass is 161 g/mol. The van der Waals surface area contributed by atoms with E-state index in [0.29, 0.717) is 0 Å². The maximum atomic E-state index is 3.24. The van der Waals surface area contributed by atoms with E-state index in [4.69, 9.17) is 0 Å². The summed E-state index contributed by atoms with van der Waals surface area (Å²) in [6, 6.07) is 0. The molecule has 0 saturated heterocycles. The fourth-order valence-electron chi connectivity index (χ4n) is 1.24. The highest BCUT2D eigenvalue weighted by Gasteiger charge is 1.84. The summed E-state index contributed by atoms with van der Waals surface area (Å²) >= 11 is 0. The highest BCUT2D eigenvalue weighted by molar-refractivity contribution is 4.99. The molecule has 0 aliphatic heterocycles. The molecule has 0 amide bonds. The second-order valence-electron chi connectivity index (χ2n) is 3.09. The van der Waals surface area contributed by atoms with Crippen molar-refractivity contribution in [2.24, 2.45) is 0 Å². The number of allylic oxidation sites excluding steroid dienone is 6. The Morgan fingerprint density at radius 1 is 0.833 bits per heavy atom. The largest absolute Gasteiger partial charge is 0.0885 e. The van der Waals surface area contributed by atoms with Gasteiger partial charge in [0.25, 0.3) is 0 Å². The average molecular weight is 161 g/mol. The maximum Gasteiger partial charge on any atom is -0.0241 e. The molecule has 1 aliphatic rings. The topological polar surface area (TPSA) is 0 Å². The van der Waals surface area contributed by atoms with E-state index < -0.39 is 0 Å². The molecule has 65 valence electrons. The van der Waals surface area contributed by atoms with E-state index in [1.54, 1.807) is 0 Å². The Morgan fingerprint density at radius 2 is 1.58 bits per heavy atom. The molecule has 0 unspecified atom stereocenters. The van der Waals surface area contributed by atoms with Gasteiger partial charge in [-0.15, -0.1) is 0 Å². The Kier molecular flexibility index (Phi) is 5.35. The third-order valence-electron chi connectivity index (χ3n) is 1.96. The van der Waals surface area contributed by atoms with E-state index in [-0.39, 0.29) is 0 Å². The van der Waals surface area contributed by atoms with Gasteiger partial charge in [-0.3, -0.25) is 0 Å². The maximum absolute atomic E-state index is 3.24. The van der Waals surface area contributed by atoms with Gasteiger partial charge in [0.05, 0.1) is 0 Å². The highest BCUT2D eigenvalue weighted by Crippen LogP contribution is 2.04. The minimum atomic E-state index is 1.06. The Morgan fingerprint density at radius 3 is 2.50 bits per heavy atom. The summed E-state index contributed by atoms with van der Waals surface area (Å²) in [5.74, 6) is 0. The van der Waals surface area contributed by atoms with Gasteiger partial charge in [-0.05, 0) is 44.6 Å². The minimum absolute atomic E-state index is 1.06. The van der Waals surface area contributed by atoms with Crippen LogP contribution in [-0.2, 0) is 0 Å². The van der Waals surface area contributed by atoms with Crippen LogP contribution in [0.2, 0.25) is 0 Å². The van der Waals surface area contributed by atoms with Crippen LogP contribution in [0, 0.1) is 6.08 Å². The first-order valence-electron chi connectivity index (χ1n) is 4.87. The van der Waals surface area contributed by atoms with Crippen LogP contribution in [0.1, 0.15) is 38.5 Å². The molecule has 0 heteroatoms. The molecule has 0 aromatic carbocycles. The number of rotatable bonds is 0. The molecule has 1 rings (SSSR count). The molecule has 0 fully saturated rings. The Labute approximate surface area is 75.7 Å². The number of hydrogen-bond donors (Lipinski definition) is 0. The third kappa shape index (κ3) is 4.95. The van der Waals surface area contributed by atoms with Crippen molar-refractivity contribution < 1.29 is 0 Å². The second kappa shape index (κ2) is 6.90. The quantitative estimate of drug-likeness (QED) is 0.474. The first-order chi connectivity index (χ1) is 6.00. The van der Waals surface area contributed by atoms with Crippen LogP contribution >= 0.6 is 0 Å². The lowest BCUT2D eigenvalue weighted by molar-refractivity contribution is 0.759. The van der Waals surface area contributed by atoms with Gasteiger partial charge in [0.2, 0.25) is 0 Å². The van der Waals surface area contributed by atoms with Crippen molar-refractivity contribution in [3.63, 3.8) is 0 Å². The molecular formula is C12H17. The van der Waals surface area contributed by atoms with Gasteiger partial charge >= 0.3 is 0 Å². The fourth-order valence-corrected chi connectivity index (χ4v) is 1.24. The van der Waals surface area contributed by atoms with Crippen molar-refractivity contribution in [3.05, 3.63) is 36.5 Å². The van der Waals surface area contributed by atoms with Crippen LogP contribution in [-0.4, -0.2) is 0 Å². The summed E-state index contributed by atoms with van der Waals surface area (Å²) in [6.45, 7) is 0. The molecule has 0 heterocycles. The van der Waals surface area contributed by atoms with Gasteiger partial charge in [-0.25, -0.2) is 0 Å². The minimum Gasteiger partial charge on any atom is -0.0885 e. The molecule has 0 atom stereocenters. The van der Waals surface area contributed by atoms with Crippen molar-refractivity contribution in [3.8, 4) is 0 Å². The van der Waals surface area contributed by atoms with E-state index in [0.717, 1.165) is 12.8 Å². The van der Waals surface area contributed by atoms with Gasteiger partial charge < -0.3 is 0 Å². The smallest absolute Gasteiger partial charge is 0.0241 e. The molecule has 0 aromatic rings. The molecule has 0 nitrogen and oxygen atoms in total. The summed E-state index contributed by atoms with van der Waals surface area (Å²) in [4.78, 5) is 0. The third-order valence-corrected chi connectivity index (χ3v) is 1.96. The summed E-state index contributed by atoms with van der Waals surface area (Å²) in [7, 11) is 0. The van der Waals surface area contributed by atoms with Crippen molar-refractivity contribution in [2.75, 3.05) is 0 Å². The van der Waals surface area contributed by atoms with Crippen LogP contribution in [0.15, 0.2) is 30.4 Å². The fraction of sp³-hybridized carbons (Fsp3) is 0.500. The first-order valence-corrected chi connectivity index (χ1v) is 4.87. The Balaban J connectivity index is 2.31. The second-order valence-corrected chi connectivity index (χ2v) is 3.09. The SMILES string of the molecule is [C]1=CC=CCCCCC=CCC1. The summed E-state index contributed by atoms with van der Waals surface area (Å²) < 4.78 is 0. The predicted molar refractivity (Wildman–Crippen MR) is 53.8 cm³/mol. The van der Waals surface area contributed by atoms with Gasteiger partial charge in [0.1, 0.15) is 0 Å². The lowest BCUT2D eigenvalue weighted by Crippen LogP contribution is -1.74. The lowest BCUT2D eigenvalue weighted by Gasteiger charge is -1.93. The molecule has 0 aromatic heterocycles. The first kappa shape index (κ1) is 9.31. The predicted octanol–water partition coefficient (Wildman–Crippen LogP) is 3.81. The average Bonchev–Trinajstić information content (AvgIpc) is 2.05. The molecule has 0 saturated carbocycles. The van der Waals surface area contributed by atoms with E-state index in [1.807, 2.05) is 6.08 Å². The van der Waals surface area contributed by atoms with Crippen LogP contribution in [0.25, 0.3) is 0 Å². The van der Waals surface area contributed by atoms with E-state index in [2.05, 4.69) is 30.4 Å². The lowest BCUT2D eigenvalue weighted by atomic mass is 10.1. The van der Waals surface area contributed by atoms with Crippen LogP contribution < -0.4 is 0 Å². The Bertz CT molecular complexity index is 172. The van der Waals surface area contributed by atoms with Gasteiger partial charge in [0.15, 0.2) is 0 Å². The zero-order valence-electron chi connectivity index (χ0n) is 7.63. The van der Waals surface area contributed by atoms with Crippen molar-refractivity contribution in [2.45, 2.75) is 38.5 Å². The van der Waals surface area contributed by atoms with Crippen molar-refractivity contribution in [1.29, 1.82) is 0 Å². The van der Waals surface area contributed by atoms with Gasteiger partial charge in [0, 0.05) is 0 Å². The van der Waals surface area contributed by atoms with E-state index in [9.17, 15) is 0 Å².